The fraction of sp³-hybridized carbons (Fsp3) is 0.0667. The van der Waals surface area contributed by atoms with Crippen molar-refractivity contribution < 1.29 is 0 Å². The van der Waals surface area contributed by atoms with Gasteiger partial charge in [-0.3, -0.25) is 0 Å². The molecule has 0 aliphatic heterocycles. The maximum absolute atomic E-state index is 12.2. The van der Waals surface area contributed by atoms with E-state index >= 15 is 0 Å². The first-order chi connectivity index (χ1) is 9.24. The Kier molecular flexibility index (Phi) is 1.87. The van der Waals surface area contributed by atoms with Gasteiger partial charge < -0.3 is 4.98 Å². The van der Waals surface area contributed by atoms with Crippen LogP contribution in [0.3, 0.4) is 0 Å². The third-order valence-electron chi connectivity index (χ3n) is 3.42. The molecule has 92 valence electrons. The van der Waals surface area contributed by atoms with E-state index in [0.717, 1.165) is 27.5 Å². The molecule has 4 rings (SSSR count). The second-order valence-electron chi connectivity index (χ2n) is 4.74. The van der Waals surface area contributed by atoms with Crippen molar-refractivity contribution in [2.45, 2.75) is 6.92 Å². The fourth-order valence-electron chi connectivity index (χ4n) is 2.54. The zero-order valence-electron chi connectivity index (χ0n) is 10.3. The molecule has 2 aromatic heterocycles. The Balaban J connectivity index is 2.39. The van der Waals surface area contributed by atoms with Crippen LogP contribution in [0.1, 0.15) is 5.56 Å². The number of aryl methyl sites for hydroxylation is 1. The summed E-state index contributed by atoms with van der Waals surface area (Å²) < 4.78 is 1.64. The van der Waals surface area contributed by atoms with Crippen molar-refractivity contribution in [2.75, 3.05) is 0 Å². The minimum Gasteiger partial charge on any atom is -0.306 e. The minimum atomic E-state index is -0.153. The molecule has 0 fully saturated rings. The molecule has 0 aliphatic rings. The second-order valence-corrected chi connectivity index (χ2v) is 4.74. The third-order valence-corrected chi connectivity index (χ3v) is 3.42. The number of aromatic amines is 1. The Morgan fingerprint density at radius 2 is 2.00 bits per heavy atom. The first-order valence-corrected chi connectivity index (χ1v) is 6.14. The lowest BCUT2D eigenvalue weighted by molar-refractivity contribution is 1.06. The molecule has 4 heteroatoms. The average Bonchev–Trinajstić information content (AvgIpc) is 2.80. The Morgan fingerprint density at radius 3 is 2.89 bits per heavy atom. The van der Waals surface area contributed by atoms with Gasteiger partial charge in [0.2, 0.25) is 0 Å². The predicted octanol–water partition coefficient (Wildman–Crippen LogP) is 2.64. The molecule has 0 amide bonds. The van der Waals surface area contributed by atoms with Crippen LogP contribution in [0, 0.1) is 6.92 Å². The molecule has 0 bridgehead atoms. The molecular formula is C15H11N3O. The average molecular weight is 249 g/mol. The Labute approximate surface area is 108 Å². The third kappa shape index (κ3) is 1.34. The van der Waals surface area contributed by atoms with Gasteiger partial charge >= 0.3 is 5.69 Å². The van der Waals surface area contributed by atoms with Gasteiger partial charge in [0.05, 0.1) is 16.6 Å². The van der Waals surface area contributed by atoms with Crippen LogP contribution < -0.4 is 5.69 Å². The van der Waals surface area contributed by atoms with Crippen LogP contribution in [0.2, 0.25) is 0 Å². The van der Waals surface area contributed by atoms with Gasteiger partial charge in [0.15, 0.2) is 5.65 Å². The summed E-state index contributed by atoms with van der Waals surface area (Å²) in [5, 5.41) is 0.968. The molecule has 0 aliphatic carbocycles. The van der Waals surface area contributed by atoms with Gasteiger partial charge in [-0.15, -0.1) is 0 Å². The zero-order chi connectivity index (χ0) is 13.0. The summed E-state index contributed by atoms with van der Waals surface area (Å²) in [6.45, 7) is 2.03. The van der Waals surface area contributed by atoms with Crippen molar-refractivity contribution in [1.82, 2.24) is 14.4 Å². The predicted molar refractivity (Wildman–Crippen MR) is 75.6 cm³/mol. The summed E-state index contributed by atoms with van der Waals surface area (Å²) in [5.74, 6) is 0. The van der Waals surface area contributed by atoms with Gasteiger partial charge in [-0.1, -0.05) is 23.8 Å². The largest absolute Gasteiger partial charge is 0.332 e. The summed E-state index contributed by atoms with van der Waals surface area (Å²) >= 11 is 0. The van der Waals surface area contributed by atoms with E-state index < -0.39 is 0 Å². The number of rotatable bonds is 0. The van der Waals surface area contributed by atoms with Crippen LogP contribution in [-0.2, 0) is 0 Å². The number of hydrogen-bond donors (Lipinski definition) is 1. The Bertz CT molecular complexity index is 995. The number of benzene rings is 2. The molecule has 4 aromatic rings. The minimum absolute atomic E-state index is 0.153. The van der Waals surface area contributed by atoms with Crippen LogP contribution in [0.25, 0.3) is 27.6 Å². The monoisotopic (exact) mass is 249 g/mol. The van der Waals surface area contributed by atoms with Crippen molar-refractivity contribution >= 4 is 27.6 Å². The van der Waals surface area contributed by atoms with Gasteiger partial charge in [0.25, 0.3) is 0 Å². The highest BCUT2D eigenvalue weighted by Crippen LogP contribution is 2.21. The topological polar surface area (TPSA) is 50.2 Å². The number of aromatic nitrogens is 3. The van der Waals surface area contributed by atoms with Crippen molar-refractivity contribution in [3.8, 4) is 0 Å². The standard InChI is InChI=1S/C15H11N3O/c1-9-6-7-11-10(8-9)14-16-12-4-2-3-5-13(12)18(14)15(19)17-11/h2-8H,1H3,(H,17,19). The van der Waals surface area contributed by atoms with E-state index in [1.165, 1.54) is 0 Å². The highest BCUT2D eigenvalue weighted by molar-refractivity contribution is 5.96. The molecule has 0 spiro atoms. The zero-order valence-corrected chi connectivity index (χ0v) is 10.3. The van der Waals surface area contributed by atoms with E-state index in [4.69, 9.17) is 0 Å². The number of para-hydroxylation sites is 2. The van der Waals surface area contributed by atoms with Crippen molar-refractivity contribution in [3.63, 3.8) is 0 Å². The quantitative estimate of drug-likeness (QED) is 0.521. The summed E-state index contributed by atoms with van der Waals surface area (Å²) in [5.41, 5.74) is 4.19. The highest BCUT2D eigenvalue weighted by atomic mass is 16.1. The van der Waals surface area contributed by atoms with Gasteiger partial charge in [-0.05, 0) is 31.2 Å². The molecule has 0 atom stereocenters. The number of imidazole rings is 1. The lowest BCUT2D eigenvalue weighted by Gasteiger charge is -2.01. The molecular weight excluding hydrogens is 238 g/mol. The molecule has 0 saturated heterocycles. The van der Waals surface area contributed by atoms with Gasteiger partial charge in [0.1, 0.15) is 0 Å². The van der Waals surface area contributed by atoms with Crippen molar-refractivity contribution in [1.29, 1.82) is 0 Å². The maximum Gasteiger partial charge on any atom is 0.332 e. The van der Waals surface area contributed by atoms with E-state index in [1.807, 2.05) is 49.4 Å². The molecule has 0 unspecified atom stereocenters. The lowest BCUT2D eigenvalue weighted by atomic mass is 10.2. The van der Waals surface area contributed by atoms with Crippen LogP contribution in [0.5, 0.6) is 0 Å². The second kappa shape index (κ2) is 3.45. The Morgan fingerprint density at radius 1 is 1.16 bits per heavy atom. The summed E-state index contributed by atoms with van der Waals surface area (Å²) in [6.07, 6.45) is 0. The first-order valence-electron chi connectivity index (χ1n) is 6.14. The van der Waals surface area contributed by atoms with Crippen LogP contribution in [0.4, 0.5) is 0 Å². The van der Waals surface area contributed by atoms with Crippen molar-refractivity contribution in [3.05, 3.63) is 58.5 Å². The van der Waals surface area contributed by atoms with Crippen molar-refractivity contribution in [2.24, 2.45) is 0 Å². The van der Waals surface area contributed by atoms with E-state index in [-0.39, 0.29) is 5.69 Å². The molecule has 0 saturated carbocycles. The van der Waals surface area contributed by atoms with Crippen LogP contribution in [0.15, 0.2) is 47.3 Å². The molecule has 2 heterocycles. The normalized spacial score (nSPS) is 11.6. The maximum atomic E-state index is 12.2. The van der Waals surface area contributed by atoms with Gasteiger partial charge in [-0.25, -0.2) is 14.2 Å². The van der Waals surface area contributed by atoms with E-state index in [9.17, 15) is 4.79 Å². The van der Waals surface area contributed by atoms with Crippen LogP contribution >= 0.6 is 0 Å². The molecule has 2 aromatic carbocycles. The molecule has 1 N–H and O–H groups in total. The fourth-order valence-corrected chi connectivity index (χ4v) is 2.54. The van der Waals surface area contributed by atoms with Crippen LogP contribution in [-0.4, -0.2) is 14.4 Å². The lowest BCUT2D eigenvalue weighted by Crippen LogP contribution is -2.15. The molecule has 4 nitrogen and oxygen atoms in total. The number of fused-ring (bicyclic) bond motifs is 5. The van der Waals surface area contributed by atoms with Gasteiger partial charge in [0, 0.05) is 5.39 Å². The molecule has 0 radical (unpaired) electrons. The van der Waals surface area contributed by atoms with Gasteiger partial charge in [-0.2, -0.15) is 0 Å². The van der Waals surface area contributed by atoms with E-state index in [1.54, 1.807) is 4.40 Å². The summed E-state index contributed by atoms with van der Waals surface area (Å²) in [7, 11) is 0. The summed E-state index contributed by atoms with van der Waals surface area (Å²) in [4.78, 5) is 19.7. The number of nitrogens with one attached hydrogen (secondary N) is 1. The smallest absolute Gasteiger partial charge is 0.306 e. The first kappa shape index (κ1) is 10.3. The number of nitrogens with zero attached hydrogens (tertiary/aromatic N) is 2. The number of H-pyrrole nitrogens is 1. The Hall–Kier alpha value is -2.62. The summed E-state index contributed by atoms with van der Waals surface area (Å²) in [6, 6.07) is 13.6. The highest BCUT2D eigenvalue weighted by Gasteiger charge is 2.10. The van der Waals surface area contributed by atoms with E-state index in [0.29, 0.717) is 5.65 Å². The SMILES string of the molecule is Cc1ccc2[nH]c(=O)n3c4ccccc4nc3c2c1. The van der Waals surface area contributed by atoms with E-state index in [2.05, 4.69) is 9.97 Å². The molecule has 19 heavy (non-hydrogen) atoms. The number of hydrogen-bond acceptors (Lipinski definition) is 2.